The number of anilines is 1. The van der Waals surface area contributed by atoms with E-state index < -0.39 is 0 Å². The lowest BCUT2D eigenvalue weighted by Crippen LogP contribution is -2.06. The Kier molecular flexibility index (Phi) is 3.17. The van der Waals surface area contributed by atoms with Crippen LogP contribution in [0, 0.1) is 0 Å². The van der Waals surface area contributed by atoms with Crippen molar-refractivity contribution in [3.05, 3.63) is 12.4 Å². The van der Waals surface area contributed by atoms with E-state index in [-0.39, 0.29) is 12.0 Å². The third kappa shape index (κ3) is 2.32. The van der Waals surface area contributed by atoms with Crippen molar-refractivity contribution < 1.29 is 4.74 Å². The molecule has 7 nitrogen and oxygen atoms in total. The van der Waals surface area contributed by atoms with Crippen molar-refractivity contribution in [1.29, 1.82) is 0 Å². The molecule has 0 fully saturated rings. The highest BCUT2D eigenvalue weighted by Crippen LogP contribution is 2.16. The second-order valence-corrected chi connectivity index (χ2v) is 3.45. The van der Waals surface area contributed by atoms with Crippen LogP contribution in [0.4, 0.5) is 5.95 Å². The molecular weight excluding hydrogens is 220 g/mol. The van der Waals surface area contributed by atoms with Crippen molar-refractivity contribution in [2.45, 2.75) is 19.9 Å². The molecule has 0 aliphatic carbocycles. The van der Waals surface area contributed by atoms with E-state index >= 15 is 0 Å². The SMILES string of the molecule is CCCn1ccnc1-c1nc(N)nc(OC)n1. The maximum absolute atomic E-state index is 5.59. The average Bonchev–Trinajstić information content (AvgIpc) is 2.77. The van der Waals surface area contributed by atoms with Crippen LogP contribution < -0.4 is 10.5 Å². The first kappa shape index (κ1) is 11.3. The van der Waals surface area contributed by atoms with E-state index in [2.05, 4.69) is 26.9 Å². The van der Waals surface area contributed by atoms with Crippen LogP contribution in [-0.2, 0) is 6.54 Å². The van der Waals surface area contributed by atoms with Gasteiger partial charge in [0.25, 0.3) is 0 Å². The second kappa shape index (κ2) is 4.77. The largest absolute Gasteiger partial charge is 0.467 e. The van der Waals surface area contributed by atoms with Gasteiger partial charge in [0.15, 0.2) is 5.82 Å². The number of aryl methyl sites for hydroxylation is 1. The zero-order chi connectivity index (χ0) is 12.3. The molecule has 0 radical (unpaired) electrons. The molecule has 0 unspecified atom stereocenters. The topological polar surface area (TPSA) is 91.7 Å². The number of rotatable bonds is 4. The zero-order valence-corrected chi connectivity index (χ0v) is 9.79. The lowest BCUT2D eigenvalue weighted by atomic mass is 10.4. The van der Waals surface area contributed by atoms with Crippen LogP contribution in [0.5, 0.6) is 6.01 Å². The normalized spacial score (nSPS) is 10.5. The minimum Gasteiger partial charge on any atom is -0.467 e. The van der Waals surface area contributed by atoms with Crippen LogP contribution >= 0.6 is 0 Å². The average molecular weight is 234 g/mol. The maximum atomic E-state index is 5.59. The molecule has 0 aromatic carbocycles. The van der Waals surface area contributed by atoms with E-state index in [1.54, 1.807) is 6.20 Å². The lowest BCUT2D eigenvalue weighted by molar-refractivity contribution is 0.379. The van der Waals surface area contributed by atoms with Crippen LogP contribution in [0.25, 0.3) is 11.6 Å². The summed E-state index contributed by atoms with van der Waals surface area (Å²) in [6, 6.07) is 0.193. The summed E-state index contributed by atoms with van der Waals surface area (Å²) in [4.78, 5) is 16.2. The van der Waals surface area contributed by atoms with E-state index in [4.69, 9.17) is 10.5 Å². The molecule has 7 heteroatoms. The first-order valence-corrected chi connectivity index (χ1v) is 5.31. The Hall–Kier alpha value is -2.18. The molecule has 2 rings (SSSR count). The van der Waals surface area contributed by atoms with E-state index in [1.165, 1.54) is 7.11 Å². The van der Waals surface area contributed by atoms with Crippen LogP contribution in [0.1, 0.15) is 13.3 Å². The minimum absolute atomic E-state index is 0.123. The van der Waals surface area contributed by atoms with Crippen LogP contribution in [-0.4, -0.2) is 31.6 Å². The van der Waals surface area contributed by atoms with Gasteiger partial charge >= 0.3 is 6.01 Å². The summed E-state index contributed by atoms with van der Waals surface area (Å²) in [5.74, 6) is 1.21. The molecular formula is C10H14N6O. The summed E-state index contributed by atoms with van der Waals surface area (Å²) >= 11 is 0. The molecule has 17 heavy (non-hydrogen) atoms. The van der Waals surface area contributed by atoms with Gasteiger partial charge in [-0.25, -0.2) is 4.98 Å². The van der Waals surface area contributed by atoms with Crippen molar-refractivity contribution in [1.82, 2.24) is 24.5 Å². The van der Waals surface area contributed by atoms with Crippen LogP contribution in [0.2, 0.25) is 0 Å². The number of nitrogens with two attached hydrogens (primary N) is 1. The zero-order valence-electron chi connectivity index (χ0n) is 9.79. The number of ether oxygens (including phenoxy) is 1. The van der Waals surface area contributed by atoms with Gasteiger partial charge in [-0.1, -0.05) is 6.92 Å². The van der Waals surface area contributed by atoms with Gasteiger partial charge in [0.05, 0.1) is 7.11 Å². The number of hydrogen-bond donors (Lipinski definition) is 1. The molecule has 0 amide bonds. The van der Waals surface area contributed by atoms with Crippen molar-refractivity contribution in [3.8, 4) is 17.7 Å². The predicted molar refractivity (Wildman–Crippen MR) is 62.3 cm³/mol. The predicted octanol–water partition coefficient (Wildman–Crippen LogP) is 0.736. The molecule has 0 atom stereocenters. The smallest absolute Gasteiger partial charge is 0.321 e. The highest BCUT2D eigenvalue weighted by atomic mass is 16.5. The standard InChI is InChI=1S/C10H14N6O/c1-3-5-16-6-4-12-8(16)7-13-9(11)15-10(14-7)17-2/h4,6H,3,5H2,1-2H3,(H2,11,13,14,15). The summed E-state index contributed by atoms with van der Waals surface area (Å²) in [6.07, 6.45) is 4.59. The van der Waals surface area contributed by atoms with Gasteiger partial charge in [-0.3, -0.25) is 0 Å². The third-order valence-corrected chi connectivity index (χ3v) is 2.19. The van der Waals surface area contributed by atoms with Crippen molar-refractivity contribution in [2.24, 2.45) is 0 Å². The number of imidazole rings is 1. The van der Waals surface area contributed by atoms with E-state index in [1.807, 2.05) is 10.8 Å². The maximum Gasteiger partial charge on any atom is 0.321 e. The van der Waals surface area contributed by atoms with Gasteiger partial charge in [-0.15, -0.1) is 0 Å². The number of nitrogens with zero attached hydrogens (tertiary/aromatic N) is 5. The molecule has 0 aliphatic rings. The van der Waals surface area contributed by atoms with Crippen LogP contribution in [0.3, 0.4) is 0 Å². The van der Waals surface area contributed by atoms with E-state index in [0.717, 1.165) is 13.0 Å². The molecule has 2 aromatic rings. The molecule has 90 valence electrons. The first-order valence-electron chi connectivity index (χ1n) is 5.31. The fraction of sp³-hybridized carbons (Fsp3) is 0.400. The number of aromatic nitrogens is 5. The molecule has 0 saturated carbocycles. The summed E-state index contributed by atoms with van der Waals surface area (Å²) < 4.78 is 6.92. The van der Waals surface area contributed by atoms with Gasteiger partial charge in [0.2, 0.25) is 11.8 Å². The Morgan fingerprint density at radius 1 is 1.35 bits per heavy atom. The van der Waals surface area contributed by atoms with Crippen molar-refractivity contribution >= 4 is 5.95 Å². The summed E-state index contributed by atoms with van der Waals surface area (Å²) in [7, 11) is 1.48. The van der Waals surface area contributed by atoms with E-state index in [9.17, 15) is 0 Å². The Labute approximate surface area is 98.7 Å². The molecule has 0 bridgehead atoms. The first-order chi connectivity index (χ1) is 8.24. The van der Waals surface area contributed by atoms with Gasteiger partial charge in [-0.05, 0) is 6.42 Å². The monoisotopic (exact) mass is 234 g/mol. The summed E-state index contributed by atoms with van der Waals surface area (Å²) in [5.41, 5.74) is 5.59. The molecule has 0 saturated heterocycles. The number of hydrogen-bond acceptors (Lipinski definition) is 6. The summed E-state index contributed by atoms with van der Waals surface area (Å²) in [6.45, 7) is 2.94. The van der Waals surface area contributed by atoms with Crippen LogP contribution in [0.15, 0.2) is 12.4 Å². The van der Waals surface area contributed by atoms with Gasteiger partial charge in [0.1, 0.15) is 0 Å². The van der Waals surface area contributed by atoms with E-state index in [0.29, 0.717) is 11.6 Å². The number of nitrogen functional groups attached to an aromatic ring is 1. The van der Waals surface area contributed by atoms with Crippen molar-refractivity contribution in [3.63, 3.8) is 0 Å². The number of methoxy groups -OCH3 is 1. The molecule has 0 aliphatic heterocycles. The lowest BCUT2D eigenvalue weighted by Gasteiger charge is -2.06. The van der Waals surface area contributed by atoms with Crippen molar-refractivity contribution in [2.75, 3.05) is 12.8 Å². The van der Waals surface area contributed by atoms with Gasteiger partial charge in [-0.2, -0.15) is 15.0 Å². The quantitative estimate of drug-likeness (QED) is 0.838. The summed E-state index contributed by atoms with van der Waals surface area (Å²) in [5, 5.41) is 0. The highest BCUT2D eigenvalue weighted by Gasteiger charge is 2.12. The van der Waals surface area contributed by atoms with Gasteiger partial charge < -0.3 is 15.0 Å². The fourth-order valence-electron chi connectivity index (χ4n) is 1.50. The Bertz CT molecular complexity index is 509. The molecule has 0 spiro atoms. The fourth-order valence-corrected chi connectivity index (χ4v) is 1.50. The molecule has 2 heterocycles. The third-order valence-electron chi connectivity index (χ3n) is 2.19. The Balaban J connectivity index is 2.44. The molecule has 2 aromatic heterocycles. The Morgan fingerprint density at radius 3 is 2.88 bits per heavy atom. The minimum atomic E-state index is 0.123. The van der Waals surface area contributed by atoms with Gasteiger partial charge in [0, 0.05) is 18.9 Å². The highest BCUT2D eigenvalue weighted by molar-refractivity contribution is 5.46. The Morgan fingerprint density at radius 2 is 2.18 bits per heavy atom. The molecule has 2 N–H and O–H groups in total. The second-order valence-electron chi connectivity index (χ2n) is 3.45.